The minimum Gasteiger partial charge on any atom is -0.462 e. The van der Waals surface area contributed by atoms with E-state index in [2.05, 4.69) is 5.32 Å². The number of esters is 1. The second-order valence-corrected chi connectivity index (χ2v) is 4.18. The van der Waals surface area contributed by atoms with Gasteiger partial charge in [0.15, 0.2) is 0 Å². The number of amides is 1. The van der Waals surface area contributed by atoms with E-state index in [4.69, 9.17) is 16.2 Å². The van der Waals surface area contributed by atoms with E-state index in [1.807, 2.05) is 6.92 Å². The van der Waals surface area contributed by atoms with Crippen molar-refractivity contribution < 1.29 is 14.3 Å². The first-order valence-electron chi connectivity index (χ1n) is 5.15. The number of primary amides is 1. The zero-order chi connectivity index (χ0) is 13.0. The predicted octanol–water partition coefficient (Wildman–Crippen LogP) is 1.04. The van der Waals surface area contributed by atoms with Crippen LogP contribution in [0.1, 0.15) is 33.9 Å². The Morgan fingerprint density at radius 3 is 2.53 bits per heavy atom. The number of hydrogen-bond donors (Lipinski definition) is 3. The van der Waals surface area contributed by atoms with Crippen LogP contribution in [0.25, 0.3) is 0 Å². The Hall–Kier alpha value is -1.76. The van der Waals surface area contributed by atoms with Crippen molar-refractivity contribution in [3.05, 3.63) is 10.4 Å². The molecule has 0 unspecified atom stereocenters. The van der Waals surface area contributed by atoms with E-state index in [9.17, 15) is 9.59 Å². The van der Waals surface area contributed by atoms with E-state index in [-0.39, 0.29) is 22.7 Å². The molecule has 0 fully saturated rings. The SMILES string of the molecule is CCNc1sc(C(N)=O)c(N)c1C(=O)OCC. The van der Waals surface area contributed by atoms with Crippen LogP contribution in [-0.4, -0.2) is 25.0 Å². The van der Waals surface area contributed by atoms with Gasteiger partial charge >= 0.3 is 5.97 Å². The van der Waals surface area contributed by atoms with Crippen LogP contribution in [0, 0.1) is 0 Å². The number of nitrogens with one attached hydrogen (secondary N) is 1. The lowest BCUT2D eigenvalue weighted by molar-refractivity contribution is 0.0529. The number of ether oxygens (including phenoxy) is 1. The summed E-state index contributed by atoms with van der Waals surface area (Å²) in [6, 6.07) is 0. The third-order valence-corrected chi connectivity index (χ3v) is 3.16. The average molecular weight is 257 g/mol. The molecule has 0 bridgehead atoms. The molecular formula is C10H15N3O3S. The highest BCUT2D eigenvalue weighted by molar-refractivity contribution is 7.19. The van der Waals surface area contributed by atoms with Gasteiger partial charge in [0.2, 0.25) is 0 Å². The van der Waals surface area contributed by atoms with Gasteiger partial charge in [-0.15, -0.1) is 11.3 Å². The van der Waals surface area contributed by atoms with Gasteiger partial charge in [-0.25, -0.2) is 4.79 Å². The van der Waals surface area contributed by atoms with Gasteiger partial charge in [0.1, 0.15) is 15.4 Å². The van der Waals surface area contributed by atoms with Gasteiger partial charge < -0.3 is 21.5 Å². The lowest BCUT2D eigenvalue weighted by Gasteiger charge is -2.05. The Labute approximate surface area is 103 Å². The molecule has 0 saturated carbocycles. The number of thiophene rings is 1. The molecule has 0 atom stereocenters. The fourth-order valence-corrected chi connectivity index (χ4v) is 2.35. The third-order valence-electron chi connectivity index (χ3n) is 1.99. The largest absolute Gasteiger partial charge is 0.462 e. The van der Waals surface area contributed by atoms with E-state index in [1.165, 1.54) is 0 Å². The van der Waals surface area contributed by atoms with Crippen LogP contribution in [0.4, 0.5) is 10.7 Å². The molecule has 0 aromatic carbocycles. The molecule has 1 amide bonds. The highest BCUT2D eigenvalue weighted by Crippen LogP contribution is 2.35. The Kier molecular flexibility index (Phi) is 4.33. The number of nitrogen functional groups attached to an aromatic ring is 1. The molecular weight excluding hydrogens is 242 g/mol. The summed E-state index contributed by atoms with van der Waals surface area (Å²) in [6.07, 6.45) is 0. The maximum atomic E-state index is 11.7. The summed E-state index contributed by atoms with van der Waals surface area (Å²) in [5.41, 5.74) is 11.2. The zero-order valence-electron chi connectivity index (χ0n) is 9.70. The molecule has 7 heteroatoms. The second kappa shape index (κ2) is 5.53. The lowest BCUT2D eigenvalue weighted by Crippen LogP contribution is -2.13. The maximum Gasteiger partial charge on any atom is 0.343 e. The summed E-state index contributed by atoms with van der Waals surface area (Å²) < 4.78 is 4.88. The van der Waals surface area contributed by atoms with Crippen molar-refractivity contribution in [3.63, 3.8) is 0 Å². The van der Waals surface area contributed by atoms with Gasteiger partial charge in [-0.05, 0) is 13.8 Å². The van der Waals surface area contributed by atoms with Gasteiger partial charge in [-0.3, -0.25) is 4.79 Å². The van der Waals surface area contributed by atoms with Gasteiger partial charge in [-0.1, -0.05) is 0 Å². The average Bonchev–Trinajstić information content (AvgIpc) is 2.56. The van der Waals surface area contributed by atoms with Crippen LogP contribution >= 0.6 is 11.3 Å². The van der Waals surface area contributed by atoms with Gasteiger partial charge in [-0.2, -0.15) is 0 Å². The molecule has 0 radical (unpaired) electrons. The first-order chi connectivity index (χ1) is 8.02. The number of rotatable bonds is 5. The van der Waals surface area contributed by atoms with E-state index in [1.54, 1.807) is 6.92 Å². The van der Waals surface area contributed by atoms with Gasteiger partial charge in [0.25, 0.3) is 5.91 Å². The molecule has 1 aromatic rings. The monoisotopic (exact) mass is 257 g/mol. The van der Waals surface area contributed by atoms with E-state index < -0.39 is 11.9 Å². The van der Waals surface area contributed by atoms with Gasteiger partial charge in [0, 0.05) is 6.54 Å². The van der Waals surface area contributed by atoms with Crippen LogP contribution in [0.5, 0.6) is 0 Å². The standard InChI is InChI=1S/C10H15N3O3S/c1-3-13-9-5(10(15)16-4-2)6(11)7(17-9)8(12)14/h13H,3-4,11H2,1-2H3,(H2,12,14). The van der Waals surface area contributed by atoms with Crippen molar-refractivity contribution in [1.29, 1.82) is 0 Å². The molecule has 0 aliphatic heterocycles. The Morgan fingerprint density at radius 1 is 1.41 bits per heavy atom. The molecule has 1 heterocycles. The molecule has 17 heavy (non-hydrogen) atoms. The number of anilines is 2. The van der Waals surface area contributed by atoms with E-state index in [0.29, 0.717) is 11.5 Å². The van der Waals surface area contributed by atoms with E-state index >= 15 is 0 Å². The highest BCUT2D eigenvalue weighted by Gasteiger charge is 2.25. The smallest absolute Gasteiger partial charge is 0.343 e. The maximum absolute atomic E-state index is 11.7. The molecule has 0 aliphatic carbocycles. The second-order valence-electron chi connectivity index (χ2n) is 3.16. The van der Waals surface area contributed by atoms with Crippen molar-refractivity contribution in [3.8, 4) is 0 Å². The van der Waals surface area contributed by atoms with Crippen molar-refractivity contribution in [2.45, 2.75) is 13.8 Å². The molecule has 5 N–H and O–H groups in total. The van der Waals surface area contributed by atoms with Crippen LogP contribution in [0.2, 0.25) is 0 Å². The number of nitrogens with two attached hydrogens (primary N) is 2. The summed E-state index contributed by atoms with van der Waals surface area (Å²) in [5.74, 6) is -1.20. The number of carbonyl (C=O) groups excluding carboxylic acids is 2. The number of hydrogen-bond acceptors (Lipinski definition) is 6. The first kappa shape index (κ1) is 13.3. The summed E-state index contributed by atoms with van der Waals surface area (Å²) in [5, 5.41) is 3.47. The fourth-order valence-electron chi connectivity index (χ4n) is 1.32. The number of carbonyl (C=O) groups is 2. The lowest BCUT2D eigenvalue weighted by atomic mass is 10.2. The van der Waals surface area contributed by atoms with Crippen molar-refractivity contribution >= 4 is 33.9 Å². The minimum absolute atomic E-state index is 0.0805. The summed E-state index contributed by atoms with van der Waals surface area (Å²) in [6.45, 7) is 4.41. The highest BCUT2D eigenvalue weighted by atomic mass is 32.1. The topological polar surface area (TPSA) is 107 Å². The molecule has 0 saturated heterocycles. The van der Waals surface area contributed by atoms with Crippen molar-refractivity contribution in [1.82, 2.24) is 0 Å². The molecule has 0 spiro atoms. The molecule has 94 valence electrons. The summed E-state index contributed by atoms with van der Waals surface area (Å²) in [4.78, 5) is 23.0. The molecule has 0 aliphatic rings. The van der Waals surface area contributed by atoms with Crippen LogP contribution < -0.4 is 16.8 Å². The molecule has 1 rings (SSSR count). The third kappa shape index (κ3) is 2.68. The Balaban J connectivity index is 3.24. The van der Waals surface area contributed by atoms with Crippen molar-refractivity contribution in [2.24, 2.45) is 5.73 Å². The fraction of sp³-hybridized carbons (Fsp3) is 0.400. The first-order valence-corrected chi connectivity index (χ1v) is 5.97. The van der Waals surface area contributed by atoms with Crippen LogP contribution in [-0.2, 0) is 4.74 Å². The molecule has 1 aromatic heterocycles. The van der Waals surface area contributed by atoms with Crippen LogP contribution in [0.3, 0.4) is 0 Å². The Bertz CT molecular complexity index is 442. The zero-order valence-corrected chi connectivity index (χ0v) is 10.5. The predicted molar refractivity (Wildman–Crippen MR) is 67.4 cm³/mol. The Morgan fingerprint density at radius 2 is 2.06 bits per heavy atom. The molecule has 6 nitrogen and oxygen atoms in total. The van der Waals surface area contributed by atoms with Crippen molar-refractivity contribution in [2.75, 3.05) is 24.2 Å². The minimum atomic E-state index is -0.651. The van der Waals surface area contributed by atoms with E-state index in [0.717, 1.165) is 11.3 Å². The van der Waals surface area contributed by atoms with Gasteiger partial charge in [0.05, 0.1) is 12.3 Å². The summed E-state index contributed by atoms with van der Waals surface area (Å²) >= 11 is 1.06. The summed E-state index contributed by atoms with van der Waals surface area (Å²) in [7, 11) is 0. The van der Waals surface area contributed by atoms with Crippen LogP contribution in [0.15, 0.2) is 0 Å². The quantitative estimate of drug-likeness (QED) is 0.683. The normalized spacial score (nSPS) is 10.0.